The zero-order chi connectivity index (χ0) is 14.5. The fourth-order valence-electron chi connectivity index (χ4n) is 3.29. The minimum Gasteiger partial charge on any atom is -0.323 e. The minimum atomic E-state index is 0.136. The molecule has 2 rings (SSSR count). The molecule has 2 nitrogen and oxygen atoms in total. The lowest BCUT2D eigenvalue weighted by Crippen LogP contribution is -2.38. The van der Waals surface area contributed by atoms with Gasteiger partial charge in [0, 0.05) is 18.6 Å². The number of hydrogen-bond donors (Lipinski definition) is 1. The standard InChI is InChI=1S/C18H30N2/c1-4-20(17-7-5-6-8-17)13-18(19)16-11-9-15(10-12-16)14(2)3/h9-12,14,17-18H,4-8,13,19H2,1-3H3. The van der Waals surface area contributed by atoms with Crippen LogP contribution in [-0.2, 0) is 0 Å². The number of hydrogen-bond acceptors (Lipinski definition) is 2. The first kappa shape index (κ1) is 15.5. The van der Waals surface area contributed by atoms with Crippen molar-refractivity contribution in [3.05, 3.63) is 35.4 Å². The molecule has 1 aliphatic carbocycles. The van der Waals surface area contributed by atoms with Crippen LogP contribution in [0.3, 0.4) is 0 Å². The average Bonchev–Trinajstić information content (AvgIpc) is 2.98. The molecule has 0 saturated heterocycles. The zero-order valence-corrected chi connectivity index (χ0v) is 13.3. The van der Waals surface area contributed by atoms with Gasteiger partial charge in [0.2, 0.25) is 0 Å². The van der Waals surface area contributed by atoms with Crippen LogP contribution < -0.4 is 5.73 Å². The van der Waals surface area contributed by atoms with Gasteiger partial charge < -0.3 is 5.73 Å². The average molecular weight is 274 g/mol. The van der Waals surface area contributed by atoms with E-state index in [0.717, 1.165) is 19.1 Å². The second-order valence-electron chi connectivity index (χ2n) is 6.45. The molecule has 0 amide bonds. The number of nitrogens with two attached hydrogens (primary N) is 1. The Hall–Kier alpha value is -0.860. The molecule has 1 aromatic rings. The molecule has 0 aromatic heterocycles. The molecule has 1 aliphatic rings. The van der Waals surface area contributed by atoms with E-state index in [1.54, 1.807) is 0 Å². The lowest BCUT2D eigenvalue weighted by molar-refractivity contribution is 0.197. The van der Waals surface area contributed by atoms with E-state index >= 15 is 0 Å². The number of likely N-dealkylation sites (N-methyl/N-ethyl adjacent to an activating group) is 1. The smallest absolute Gasteiger partial charge is 0.0424 e. The third kappa shape index (κ3) is 3.83. The maximum absolute atomic E-state index is 6.42. The summed E-state index contributed by atoms with van der Waals surface area (Å²) in [4.78, 5) is 2.58. The fourth-order valence-corrected chi connectivity index (χ4v) is 3.29. The SMILES string of the molecule is CCN(CC(N)c1ccc(C(C)C)cc1)C1CCCC1. The highest BCUT2D eigenvalue weighted by Crippen LogP contribution is 2.25. The maximum atomic E-state index is 6.42. The molecule has 0 radical (unpaired) electrons. The van der Waals surface area contributed by atoms with Gasteiger partial charge >= 0.3 is 0 Å². The molecule has 1 unspecified atom stereocenters. The molecule has 20 heavy (non-hydrogen) atoms. The number of benzene rings is 1. The molecule has 0 bridgehead atoms. The Labute approximate surface area is 124 Å². The minimum absolute atomic E-state index is 0.136. The normalized spacial score (nSPS) is 18.1. The van der Waals surface area contributed by atoms with Gasteiger partial charge in [0.1, 0.15) is 0 Å². The molecular formula is C18H30N2. The van der Waals surface area contributed by atoms with E-state index in [0.29, 0.717) is 5.92 Å². The van der Waals surface area contributed by atoms with Crippen LogP contribution in [0.15, 0.2) is 24.3 Å². The lowest BCUT2D eigenvalue weighted by atomic mass is 9.99. The van der Waals surface area contributed by atoms with Crippen molar-refractivity contribution >= 4 is 0 Å². The van der Waals surface area contributed by atoms with Gasteiger partial charge in [-0.25, -0.2) is 0 Å². The molecule has 0 heterocycles. The van der Waals surface area contributed by atoms with Gasteiger partial charge in [0.05, 0.1) is 0 Å². The Morgan fingerprint density at radius 3 is 2.15 bits per heavy atom. The van der Waals surface area contributed by atoms with Crippen LogP contribution in [0.2, 0.25) is 0 Å². The van der Waals surface area contributed by atoms with Gasteiger partial charge in [-0.2, -0.15) is 0 Å². The van der Waals surface area contributed by atoms with Crippen LogP contribution in [0.4, 0.5) is 0 Å². The van der Waals surface area contributed by atoms with Gasteiger partial charge in [-0.3, -0.25) is 4.90 Å². The van der Waals surface area contributed by atoms with Crippen LogP contribution in [0.5, 0.6) is 0 Å². The first-order valence-electron chi connectivity index (χ1n) is 8.21. The highest BCUT2D eigenvalue weighted by Gasteiger charge is 2.23. The Morgan fingerprint density at radius 1 is 1.10 bits per heavy atom. The Bertz CT molecular complexity index is 390. The first-order chi connectivity index (χ1) is 9.61. The second kappa shape index (κ2) is 7.24. The largest absolute Gasteiger partial charge is 0.323 e. The third-order valence-electron chi connectivity index (χ3n) is 4.71. The molecule has 0 aliphatic heterocycles. The molecule has 2 heteroatoms. The fraction of sp³-hybridized carbons (Fsp3) is 0.667. The van der Waals surface area contributed by atoms with Crippen LogP contribution >= 0.6 is 0 Å². The highest BCUT2D eigenvalue weighted by molar-refractivity contribution is 5.26. The molecule has 1 fully saturated rings. The molecule has 1 saturated carbocycles. The van der Waals surface area contributed by atoms with Gasteiger partial charge in [0.15, 0.2) is 0 Å². The van der Waals surface area contributed by atoms with E-state index in [9.17, 15) is 0 Å². The zero-order valence-electron chi connectivity index (χ0n) is 13.3. The van der Waals surface area contributed by atoms with Crippen molar-refractivity contribution in [1.29, 1.82) is 0 Å². The van der Waals surface area contributed by atoms with Crippen molar-refractivity contribution in [2.75, 3.05) is 13.1 Å². The van der Waals surface area contributed by atoms with Crippen LogP contribution in [0.25, 0.3) is 0 Å². The summed E-state index contributed by atoms with van der Waals surface area (Å²) < 4.78 is 0. The summed E-state index contributed by atoms with van der Waals surface area (Å²) in [6.07, 6.45) is 5.48. The molecule has 1 aromatic carbocycles. The quantitative estimate of drug-likeness (QED) is 0.847. The molecule has 2 N–H and O–H groups in total. The van der Waals surface area contributed by atoms with E-state index in [2.05, 4.69) is 49.9 Å². The maximum Gasteiger partial charge on any atom is 0.0424 e. The van der Waals surface area contributed by atoms with Crippen molar-refractivity contribution in [2.24, 2.45) is 5.73 Å². The van der Waals surface area contributed by atoms with Gasteiger partial charge in [-0.15, -0.1) is 0 Å². The van der Waals surface area contributed by atoms with E-state index in [-0.39, 0.29) is 6.04 Å². The predicted octanol–water partition coefficient (Wildman–Crippen LogP) is 4.07. The molecular weight excluding hydrogens is 244 g/mol. The topological polar surface area (TPSA) is 29.3 Å². The molecule has 112 valence electrons. The Balaban J connectivity index is 1.97. The molecule has 1 atom stereocenters. The highest BCUT2D eigenvalue weighted by atomic mass is 15.2. The third-order valence-corrected chi connectivity index (χ3v) is 4.71. The lowest BCUT2D eigenvalue weighted by Gasteiger charge is -2.30. The summed E-state index contributed by atoms with van der Waals surface area (Å²) in [5, 5.41) is 0. The van der Waals surface area contributed by atoms with Crippen molar-refractivity contribution in [3.63, 3.8) is 0 Å². The Morgan fingerprint density at radius 2 is 1.65 bits per heavy atom. The summed E-state index contributed by atoms with van der Waals surface area (Å²) in [6.45, 7) is 8.82. The van der Waals surface area contributed by atoms with Crippen molar-refractivity contribution in [2.45, 2.75) is 64.5 Å². The first-order valence-corrected chi connectivity index (χ1v) is 8.21. The summed E-state index contributed by atoms with van der Waals surface area (Å²) in [7, 11) is 0. The van der Waals surface area contributed by atoms with E-state index in [1.807, 2.05) is 0 Å². The van der Waals surface area contributed by atoms with Gasteiger partial charge in [0.25, 0.3) is 0 Å². The predicted molar refractivity (Wildman–Crippen MR) is 87.0 cm³/mol. The monoisotopic (exact) mass is 274 g/mol. The van der Waals surface area contributed by atoms with Crippen molar-refractivity contribution < 1.29 is 0 Å². The van der Waals surface area contributed by atoms with E-state index in [1.165, 1.54) is 36.8 Å². The van der Waals surface area contributed by atoms with Crippen LogP contribution in [0.1, 0.15) is 69.5 Å². The summed E-state index contributed by atoms with van der Waals surface area (Å²) in [6, 6.07) is 9.78. The summed E-state index contributed by atoms with van der Waals surface area (Å²) in [5.41, 5.74) is 9.09. The van der Waals surface area contributed by atoms with E-state index < -0.39 is 0 Å². The van der Waals surface area contributed by atoms with Crippen molar-refractivity contribution in [3.8, 4) is 0 Å². The number of nitrogens with zero attached hydrogens (tertiary/aromatic N) is 1. The van der Waals surface area contributed by atoms with Crippen LogP contribution in [-0.4, -0.2) is 24.0 Å². The van der Waals surface area contributed by atoms with Crippen LogP contribution in [0, 0.1) is 0 Å². The second-order valence-corrected chi connectivity index (χ2v) is 6.45. The Kier molecular flexibility index (Phi) is 5.62. The molecule has 0 spiro atoms. The number of rotatable bonds is 6. The summed E-state index contributed by atoms with van der Waals surface area (Å²) >= 11 is 0. The van der Waals surface area contributed by atoms with E-state index in [4.69, 9.17) is 5.73 Å². The summed E-state index contributed by atoms with van der Waals surface area (Å²) in [5.74, 6) is 0.589. The van der Waals surface area contributed by atoms with Gasteiger partial charge in [-0.05, 0) is 36.4 Å². The van der Waals surface area contributed by atoms with Crippen molar-refractivity contribution in [1.82, 2.24) is 4.90 Å². The van der Waals surface area contributed by atoms with Gasteiger partial charge in [-0.1, -0.05) is 57.9 Å².